The maximum absolute atomic E-state index is 12.6. The van der Waals surface area contributed by atoms with Crippen molar-refractivity contribution in [3.05, 3.63) is 94.0 Å². The fourth-order valence-corrected chi connectivity index (χ4v) is 4.48. The number of nitrogens with zero attached hydrogens (tertiary/aromatic N) is 3. The molecule has 4 rings (SSSR count). The number of rotatable bonds is 7. The van der Waals surface area contributed by atoms with Crippen molar-refractivity contribution in [3.8, 4) is 16.9 Å². The Morgan fingerprint density at radius 1 is 0.946 bits per heavy atom. The Hall–Kier alpha value is -3.28. The monoisotopic (exact) mass is 534 g/mol. The molecule has 7 heteroatoms. The molecule has 0 saturated heterocycles. The van der Waals surface area contributed by atoms with Crippen molar-refractivity contribution in [2.45, 2.75) is 34.1 Å². The lowest BCUT2D eigenvalue weighted by atomic mass is 9.92. The fraction of sp³-hybridized carbons (Fsp3) is 0.267. The van der Waals surface area contributed by atoms with Crippen molar-refractivity contribution in [1.82, 2.24) is 15.1 Å². The largest absolute Gasteiger partial charge is 0.352 e. The number of aryl methyl sites for hydroxylation is 1. The Morgan fingerprint density at radius 3 is 2.16 bits per heavy atom. The van der Waals surface area contributed by atoms with E-state index in [1.54, 1.807) is 6.07 Å². The van der Waals surface area contributed by atoms with Gasteiger partial charge in [-0.05, 0) is 73.4 Å². The maximum atomic E-state index is 12.6. The van der Waals surface area contributed by atoms with Gasteiger partial charge in [-0.3, -0.25) is 4.79 Å². The van der Waals surface area contributed by atoms with Crippen LogP contribution in [-0.4, -0.2) is 29.3 Å². The minimum absolute atomic E-state index is 0.0664. The predicted octanol–water partition coefficient (Wildman–Crippen LogP) is 8.09. The molecule has 0 fully saturated rings. The normalized spacial score (nSPS) is 11.4. The average Bonchev–Trinajstić information content (AvgIpc) is 3.28. The summed E-state index contributed by atoms with van der Waals surface area (Å²) in [6.45, 7) is 9.20. The molecule has 5 nitrogen and oxygen atoms in total. The van der Waals surface area contributed by atoms with Gasteiger partial charge in [-0.1, -0.05) is 61.7 Å². The highest BCUT2D eigenvalue weighted by Gasteiger charge is 2.18. The molecule has 0 unspecified atom stereocenters. The molecule has 4 aromatic rings. The summed E-state index contributed by atoms with van der Waals surface area (Å²) in [5, 5.41) is 9.02. The molecule has 0 aliphatic carbocycles. The quantitative estimate of drug-likeness (QED) is 0.260. The van der Waals surface area contributed by atoms with Crippen LogP contribution in [0.25, 0.3) is 16.9 Å². The number of aromatic nitrogens is 2. The number of halogens is 2. The molecule has 3 aromatic carbocycles. The van der Waals surface area contributed by atoms with Crippen LogP contribution in [0, 0.1) is 12.3 Å². The number of carbonyl (C=O) groups excluding carboxylic acids is 1. The predicted molar refractivity (Wildman–Crippen MR) is 155 cm³/mol. The van der Waals surface area contributed by atoms with Gasteiger partial charge in [-0.15, -0.1) is 0 Å². The van der Waals surface area contributed by atoms with Crippen molar-refractivity contribution in [2.24, 2.45) is 5.41 Å². The van der Waals surface area contributed by atoms with Crippen LogP contribution in [0.15, 0.2) is 72.8 Å². The maximum Gasteiger partial charge on any atom is 0.251 e. The average molecular weight is 536 g/mol. The van der Waals surface area contributed by atoms with Gasteiger partial charge in [0.1, 0.15) is 5.82 Å². The molecule has 1 N–H and O–H groups in total. The Bertz CT molecular complexity index is 1370. The van der Waals surface area contributed by atoms with E-state index in [2.05, 4.69) is 45.1 Å². The molecule has 0 aliphatic rings. The van der Waals surface area contributed by atoms with E-state index in [9.17, 15) is 4.79 Å². The third-order valence-corrected chi connectivity index (χ3v) is 6.58. The third-order valence-electron chi connectivity index (χ3n) is 6.15. The van der Waals surface area contributed by atoms with Gasteiger partial charge in [0.2, 0.25) is 0 Å². The molecule has 0 aliphatic heterocycles. The molecular weight excluding hydrogens is 503 g/mol. The van der Waals surface area contributed by atoms with Crippen LogP contribution >= 0.6 is 23.2 Å². The Labute approximate surface area is 229 Å². The molecule has 0 radical (unpaired) electrons. The second-order valence-corrected chi connectivity index (χ2v) is 11.3. The lowest BCUT2D eigenvalue weighted by Crippen LogP contribution is -2.27. The van der Waals surface area contributed by atoms with E-state index in [4.69, 9.17) is 28.3 Å². The molecular formula is C30H32Cl2N4O. The molecule has 0 bridgehead atoms. The first-order valence-electron chi connectivity index (χ1n) is 12.3. The summed E-state index contributed by atoms with van der Waals surface area (Å²) >= 11 is 12.5. The summed E-state index contributed by atoms with van der Waals surface area (Å²) in [5.41, 5.74) is 5.42. The highest BCUT2D eigenvalue weighted by atomic mass is 35.5. The van der Waals surface area contributed by atoms with Crippen LogP contribution in [0.1, 0.15) is 43.1 Å². The van der Waals surface area contributed by atoms with Crippen LogP contribution in [0.5, 0.6) is 0 Å². The van der Waals surface area contributed by atoms with Gasteiger partial charge in [0.25, 0.3) is 5.91 Å². The first-order valence-corrected chi connectivity index (χ1v) is 13.0. The van der Waals surface area contributed by atoms with Crippen LogP contribution in [-0.2, 0) is 0 Å². The van der Waals surface area contributed by atoms with Gasteiger partial charge in [0.05, 0.1) is 11.4 Å². The van der Waals surface area contributed by atoms with E-state index in [0.717, 1.165) is 34.9 Å². The third kappa shape index (κ3) is 6.73. The first kappa shape index (κ1) is 26.8. The SMILES string of the molecule is Cc1ccc(-n2nc(-c3cc(Cl)cc(Cl)c3)cc2N(C)c2ccc(C(=O)NCCC(C)(C)C)cc2)cc1. The lowest BCUT2D eigenvalue weighted by molar-refractivity contribution is 0.0949. The highest BCUT2D eigenvalue weighted by Crippen LogP contribution is 2.33. The van der Waals surface area contributed by atoms with Gasteiger partial charge < -0.3 is 10.2 Å². The standard InChI is InChI=1S/C30H32Cl2N4O/c1-20-6-10-26(11-7-20)36-28(19-27(34-36)22-16-23(31)18-24(32)17-22)35(5)25-12-8-21(9-13-25)29(37)33-15-14-30(2,3)4/h6-13,16-19H,14-15H2,1-5H3,(H,33,37). The summed E-state index contributed by atoms with van der Waals surface area (Å²) in [6.07, 6.45) is 0.919. The lowest BCUT2D eigenvalue weighted by Gasteiger charge is -2.21. The summed E-state index contributed by atoms with van der Waals surface area (Å²) < 4.78 is 1.90. The molecule has 0 saturated carbocycles. The molecule has 1 aromatic heterocycles. The number of hydrogen-bond donors (Lipinski definition) is 1. The van der Waals surface area contributed by atoms with Crippen LogP contribution < -0.4 is 10.2 Å². The minimum atomic E-state index is -0.0664. The van der Waals surface area contributed by atoms with Crippen molar-refractivity contribution in [3.63, 3.8) is 0 Å². The van der Waals surface area contributed by atoms with Gasteiger partial charge in [-0.25, -0.2) is 4.68 Å². The second kappa shape index (κ2) is 11.0. The van der Waals surface area contributed by atoms with Crippen LogP contribution in [0.2, 0.25) is 10.0 Å². The summed E-state index contributed by atoms with van der Waals surface area (Å²) in [5.74, 6) is 0.792. The fourth-order valence-electron chi connectivity index (χ4n) is 3.95. The van der Waals surface area contributed by atoms with Crippen molar-refractivity contribution in [2.75, 3.05) is 18.5 Å². The molecule has 37 heavy (non-hydrogen) atoms. The molecule has 0 atom stereocenters. The highest BCUT2D eigenvalue weighted by molar-refractivity contribution is 6.35. The van der Waals surface area contributed by atoms with E-state index in [0.29, 0.717) is 22.2 Å². The van der Waals surface area contributed by atoms with Gasteiger partial charge >= 0.3 is 0 Å². The van der Waals surface area contributed by atoms with Crippen LogP contribution in [0.4, 0.5) is 11.5 Å². The topological polar surface area (TPSA) is 50.2 Å². The number of carbonyl (C=O) groups is 1. The number of amides is 1. The van der Waals surface area contributed by atoms with Crippen molar-refractivity contribution in [1.29, 1.82) is 0 Å². The van der Waals surface area contributed by atoms with Gasteiger partial charge in [0.15, 0.2) is 0 Å². The zero-order valence-electron chi connectivity index (χ0n) is 21.8. The number of benzene rings is 3. The zero-order chi connectivity index (χ0) is 26.7. The van der Waals surface area contributed by atoms with E-state index in [1.165, 1.54) is 5.56 Å². The summed E-state index contributed by atoms with van der Waals surface area (Å²) in [4.78, 5) is 14.6. The van der Waals surface area contributed by atoms with E-state index >= 15 is 0 Å². The van der Waals surface area contributed by atoms with Crippen molar-refractivity contribution < 1.29 is 4.79 Å². The Morgan fingerprint density at radius 2 is 1.57 bits per heavy atom. The Kier molecular flexibility index (Phi) is 7.96. The smallest absolute Gasteiger partial charge is 0.251 e. The summed E-state index contributed by atoms with van der Waals surface area (Å²) in [7, 11) is 1.98. The number of nitrogens with one attached hydrogen (secondary N) is 1. The molecule has 1 heterocycles. The number of anilines is 2. The van der Waals surface area contributed by atoms with E-state index in [-0.39, 0.29) is 11.3 Å². The minimum Gasteiger partial charge on any atom is -0.352 e. The summed E-state index contributed by atoms with van der Waals surface area (Å²) in [6, 6.07) is 23.2. The second-order valence-electron chi connectivity index (χ2n) is 10.5. The van der Waals surface area contributed by atoms with Crippen LogP contribution in [0.3, 0.4) is 0 Å². The molecule has 1 amide bonds. The zero-order valence-corrected chi connectivity index (χ0v) is 23.4. The van der Waals surface area contributed by atoms with E-state index in [1.807, 2.05) is 71.2 Å². The van der Waals surface area contributed by atoms with E-state index < -0.39 is 0 Å². The number of hydrogen-bond acceptors (Lipinski definition) is 3. The first-order chi connectivity index (χ1) is 17.5. The van der Waals surface area contributed by atoms with Gasteiger partial charge in [0, 0.05) is 46.5 Å². The molecule has 192 valence electrons. The molecule has 0 spiro atoms. The Balaban J connectivity index is 1.64. The van der Waals surface area contributed by atoms with Gasteiger partial charge in [-0.2, -0.15) is 5.10 Å². The van der Waals surface area contributed by atoms with Crippen molar-refractivity contribution >= 4 is 40.6 Å².